The van der Waals surface area contributed by atoms with Crippen molar-refractivity contribution in [1.82, 2.24) is 5.32 Å². The first-order valence-electron chi connectivity index (χ1n) is 6.76. The summed E-state index contributed by atoms with van der Waals surface area (Å²) in [5, 5.41) is 2.79. The molecule has 21 heavy (non-hydrogen) atoms. The summed E-state index contributed by atoms with van der Waals surface area (Å²) in [5.74, 6) is 3.72. The van der Waals surface area contributed by atoms with Gasteiger partial charge in [0.15, 0.2) is 0 Å². The van der Waals surface area contributed by atoms with Gasteiger partial charge in [0.1, 0.15) is 16.9 Å². The minimum absolute atomic E-state index is 0.122. The van der Waals surface area contributed by atoms with Crippen LogP contribution in [0.25, 0.3) is 0 Å². The van der Waals surface area contributed by atoms with Crippen LogP contribution in [0.15, 0.2) is 48.5 Å². The monoisotopic (exact) mass is 277 g/mol. The van der Waals surface area contributed by atoms with Crippen molar-refractivity contribution in [3.63, 3.8) is 0 Å². The van der Waals surface area contributed by atoms with Gasteiger partial charge in [-0.15, -0.1) is 6.42 Å². The summed E-state index contributed by atoms with van der Waals surface area (Å²) in [4.78, 5) is 12.7. The molecule has 1 aliphatic rings. The second-order valence-corrected chi connectivity index (χ2v) is 5.11. The number of rotatable bonds is 2. The predicted molar refractivity (Wildman–Crippen MR) is 81.3 cm³/mol. The molecule has 0 bridgehead atoms. The van der Waals surface area contributed by atoms with Crippen LogP contribution in [-0.2, 0) is 10.2 Å². The van der Waals surface area contributed by atoms with Crippen LogP contribution < -0.4 is 10.1 Å². The first kappa shape index (κ1) is 13.3. The number of hydrogen-bond acceptors (Lipinski definition) is 2. The van der Waals surface area contributed by atoms with Crippen LogP contribution in [0.2, 0.25) is 0 Å². The van der Waals surface area contributed by atoms with E-state index in [0.29, 0.717) is 11.5 Å². The molecule has 0 saturated heterocycles. The van der Waals surface area contributed by atoms with Crippen molar-refractivity contribution in [2.24, 2.45) is 0 Å². The predicted octanol–water partition coefficient (Wildman–Crippen LogP) is 2.85. The number of nitrogens with one attached hydrogen (secondary N) is 1. The number of carbonyl (C=O) groups is 1. The van der Waals surface area contributed by atoms with E-state index < -0.39 is 5.41 Å². The summed E-state index contributed by atoms with van der Waals surface area (Å²) in [7, 11) is 0. The van der Waals surface area contributed by atoms with E-state index in [1.807, 2.05) is 55.5 Å². The Balaban J connectivity index is 2.19. The largest absolute Gasteiger partial charge is 0.457 e. The molecule has 0 unspecified atom stereocenters. The van der Waals surface area contributed by atoms with Crippen molar-refractivity contribution in [2.75, 3.05) is 6.54 Å². The van der Waals surface area contributed by atoms with Crippen LogP contribution in [0, 0.1) is 12.3 Å². The number of benzene rings is 2. The Kier molecular flexibility index (Phi) is 3.15. The van der Waals surface area contributed by atoms with Gasteiger partial charge in [-0.05, 0) is 19.1 Å². The van der Waals surface area contributed by atoms with Crippen molar-refractivity contribution in [3.05, 3.63) is 59.7 Å². The van der Waals surface area contributed by atoms with E-state index in [0.717, 1.165) is 11.1 Å². The van der Waals surface area contributed by atoms with Crippen LogP contribution >= 0.6 is 0 Å². The maximum Gasteiger partial charge on any atom is 0.235 e. The molecule has 3 nitrogen and oxygen atoms in total. The van der Waals surface area contributed by atoms with Crippen LogP contribution in [0.3, 0.4) is 0 Å². The zero-order valence-corrected chi connectivity index (χ0v) is 11.7. The molecule has 3 heteroatoms. The molecule has 104 valence electrons. The molecule has 0 fully saturated rings. The maximum absolute atomic E-state index is 12.7. The second-order valence-electron chi connectivity index (χ2n) is 5.11. The lowest BCUT2D eigenvalue weighted by Gasteiger charge is -2.35. The van der Waals surface area contributed by atoms with Crippen molar-refractivity contribution in [1.29, 1.82) is 0 Å². The summed E-state index contributed by atoms with van der Waals surface area (Å²) in [6, 6.07) is 15.2. The van der Waals surface area contributed by atoms with Gasteiger partial charge in [-0.3, -0.25) is 4.79 Å². The van der Waals surface area contributed by atoms with E-state index in [9.17, 15) is 4.79 Å². The summed E-state index contributed by atoms with van der Waals surface area (Å²) >= 11 is 0. The summed E-state index contributed by atoms with van der Waals surface area (Å²) in [6.45, 7) is 2.11. The van der Waals surface area contributed by atoms with Gasteiger partial charge in [0.05, 0.1) is 6.54 Å². The summed E-state index contributed by atoms with van der Waals surface area (Å²) < 4.78 is 5.91. The van der Waals surface area contributed by atoms with Crippen molar-refractivity contribution in [3.8, 4) is 23.8 Å². The number of hydrogen-bond donors (Lipinski definition) is 1. The van der Waals surface area contributed by atoms with E-state index in [2.05, 4.69) is 11.2 Å². The zero-order valence-electron chi connectivity index (χ0n) is 11.7. The highest BCUT2D eigenvalue weighted by atomic mass is 16.5. The zero-order chi connectivity index (χ0) is 14.9. The van der Waals surface area contributed by atoms with Crippen LogP contribution in [0.1, 0.15) is 18.1 Å². The van der Waals surface area contributed by atoms with Gasteiger partial charge in [-0.1, -0.05) is 42.3 Å². The standard InChI is InChI=1S/C18H15NO2/c1-3-12-19-17(20)18(2)13-8-4-6-10-15(13)21-16-11-7-5-9-14(16)18/h1,4-11H,12H2,2H3,(H,19,20). The highest BCUT2D eigenvalue weighted by molar-refractivity contribution is 5.94. The van der Waals surface area contributed by atoms with Crippen molar-refractivity contribution in [2.45, 2.75) is 12.3 Å². The normalized spacial score (nSPS) is 14.1. The van der Waals surface area contributed by atoms with Gasteiger partial charge in [0, 0.05) is 11.1 Å². The van der Waals surface area contributed by atoms with Crippen LogP contribution in [0.5, 0.6) is 11.5 Å². The quantitative estimate of drug-likeness (QED) is 0.857. The van der Waals surface area contributed by atoms with Gasteiger partial charge in [-0.25, -0.2) is 0 Å². The third-order valence-electron chi connectivity index (χ3n) is 3.88. The molecule has 0 atom stereocenters. The fourth-order valence-corrected chi connectivity index (χ4v) is 2.75. The molecular formula is C18H15NO2. The molecule has 0 saturated carbocycles. The van der Waals surface area contributed by atoms with Gasteiger partial charge < -0.3 is 10.1 Å². The lowest BCUT2D eigenvalue weighted by atomic mass is 9.73. The number of para-hydroxylation sites is 2. The first-order valence-corrected chi connectivity index (χ1v) is 6.76. The van der Waals surface area contributed by atoms with Crippen molar-refractivity contribution < 1.29 is 9.53 Å². The van der Waals surface area contributed by atoms with Crippen LogP contribution in [-0.4, -0.2) is 12.5 Å². The molecule has 1 amide bonds. The number of amides is 1. The Labute approximate surface area is 123 Å². The molecule has 2 aromatic rings. The summed E-state index contributed by atoms with van der Waals surface area (Å²) in [6.07, 6.45) is 5.25. The third-order valence-corrected chi connectivity index (χ3v) is 3.88. The molecule has 0 radical (unpaired) electrons. The number of ether oxygens (including phenoxy) is 1. The average molecular weight is 277 g/mol. The van der Waals surface area contributed by atoms with Gasteiger partial charge in [-0.2, -0.15) is 0 Å². The molecule has 3 rings (SSSR count). The maximum atomic E-state index is 12.7. The topological polar surface area (TPSA) is 38.3 Å². The molecule has 0 spiro atoms. The van der Waals surface area contributed by atoms with E-state index in [1.54, 1.807) is 0 Å². The fourth-order valence-electron chi connectivity index (χ4n) is 2.75. The molecule has 0 aliphatic carbocycles. The Morgan fingerprint density at radius 3 is 2.19 bits per heavy atom. The Morgan fingerprint density at radius 2 is 1.67 bits per heavy atom. The van der Waals surface area contributed by atoms with Gasteiger partial charge in [0.2, 0.25) is 5.91 Å². The van der Waals surface area contributed by atoms with Gasteiger partial charge >= 0.3 is 0 Å². The molecular weight excluding hydrogens is 262 g/mol. The van der Waals surface area contributed by atoms with E-state index in [-0.39, 0.29) is 12.5 Å². The number of fused-ring (bicyclic) bond motifs is 2. The van der Waals surface area contributed by atoms with Gasteiger partial charge in [0.25, 0.3) is 0 Å². The molecule has 2 aromatic carbocycles. The third kappa shape index (κ3) is 1.96. The van der Waals surface area contributed by atoms with E-state index in [1.165, 1.54) is 0 Å². The van der Waals surface area contributed by atoms with E-state index in [4.69, 9.17) is 11.2 Å². The minimum atomic E-state index is -0.817. The Morgan fingerprint density at radius 1 is 1.14 bits per heavy atom. The second kappa shape index (κ2) is 4.99. The fraction of sp³-hybridized carbons (Fsp3) is 0.167. The lowest BCUT2D eigenvalue weighted by Crippen LogP contribution is -2.44. The Hall–Kier alpha value is -2.73. The minimum Gasteiger partial charge on any atom is -0.457 e. The number of carbonyl (C=O) groups excluding carboxylic acids is 1. The Bertz CT molecular complexity index is 697. The van der Waals surface area contributed by atoms with E-state index >= 15 is 0 Å². The average Bonchev–Trinajstić information content (AvgIpc) is 2.53. The highest BCUT2D eigenvalue weighted by Gasteiger charge is 2.43. The number of terminal acetylenes is 1. The SMILES string of the molecule is C#CCNC(=O)C1(C)c2ccccc2Oc2ccccc21. The first-order chi connectivity index (χ1) is 10.2. The van der Waals surface area contributed by atoms with Crippen molar-refractivity contribution >= 4 is 5.91 Å². The summed E-state index contributed by atoms with van der Waals surface area (Å²) in [5.41, 5.74) is 0.874. The van der Waals surface area contributed by atoms with Crippen LogP contribution in [0.4, 0.5) is 0 Å². The smallest absolute Gasteiger partial charge is 0.235 e. The molecule has 0 aromatic heterocycles. The lowest BCUT2D eigenvalue weighted by molar-refractivity contribution is -0.124. The molecule has 1 aliphatic heterocycles. The molecule has 1 heterocycles. The highest BCUT2D eigenvalue weighted by Crippen LogP contribution is 2.47. The molecule has 1 N–H and O–H groups in total.